The van der Waals surface area contributed by atoms with Crippen molar-refractivity contribution in [1.82, 2.24) is 9.97 Å². The first-order chi connectivity index (χ1) is 10.1. The first-order valence-corrected chi connectivity index (χ1v) is 6.53. The maximum Gasteiger partial charge on any atom is 0.274 e. The number of rotatable bonds is 2. The van der Waals surface area contributed by atoms with Gasteiger partial charge >= 0.3 is 0 Å². The zero-order chi connectivity index (χ0) is 14.8. The number of hydrogen-bond acceptors (Lipinski definition) is 4. The standard InChI is InChI=1S/C16H14N4O/c1-10-5-6-11-3-2-4-13(15(11)19-10)20-16(21)14-9-12(17)7-8-18-14/h2-9H,1H3,(H2,17,18)(H,20,21). The summed E-state index contributed by atoms with van der Waals surface area (Å²) in [7, 11) is 0. The molecule has 0 radical (unpaired) electrons. The van der Waals surface area contributed by atoms with E-state index in [0.717, 1.165) is 16.6 Å². The second kappa shape index (κ2) is 5.20. The van der Waals surface area contributed by atoms with Crippen LogP contribution in [-0.2, 0) is 0 Å². The summed E-state index contributed by atoms with van der Waals surface area (Å²) >= 11 is 0. The van der Waals surface area contributed by atoms with Gasteiger partial charge in [-0.15, -0.1) is 0 Å². The van der Waals surface area contributed by atoms with Gasteiger partial charge in [-0.25, -0.2) is 0 Å². The highest BCUT2D eigenvalue weighted by atomic mass is 16.1. The molecule has 5 heteroatoms. The van der Waals surface area contributed by atoms with E-state index in [2.05, 4.69) is 15.3 Å². The van der Waals surface area contributed by atoms with Gasteiger partial charge in [0.25, 0.3) is 5.91 Å². The topological polar surface area (TPSA) is 80.9 Å². The first kappa shape index (κ1) is 13.1. The lowest BCUT2D eigenvalue weighted by Gasteiger charge is -2.08. The van der Waals surface area contributed by atoms with E-state index in [1.807, 2.05) is 37.3 Å². The number of nitrogen functional groups attached to an aromatic ring is 1. The van der Waals surface area contributed by atoms with Crippen LogP contribution in [0.4, 0.5) is 11.4 Å². The number of nitrogens with two attached hydrogens (primary N) is 1. The second-order valence-corrected chi connectivity index (χ2v) is 4.76. The minimum atomic E-state index is -0.307. The van der Waals surface area contributed by atoms with Gasteiger partial charge in [-0.05, 0) is 31.2 Å². The Kier molecular flexibility index (Phi) is 3.23. The third-order valence-electron chi connectivity index (χ3n) is 3.12. The molecular formula is C16H14N4O. The van der Waals surface area contributed by atoms with Gasteiger partial charge in [0.2, 0.25) is 0 Å². The number of carbonyl (C=O) groups excluding carboxylic acids is 1. The first-order valence-electron chi connectivity index (χ1n) is 6.53. The van der Waals surface area contributed by atoms with Gasteiger partial charge in [-0.3, -0.25) is 14.8 Å². The molecule has 0 unspecified atom stereocenters. The van der Waals surface area contributed by atoms with E-state index in [4.69, 9.17) is 5.73 Å². The van der Waals surface area contributed by atoms with E-state index in [1.54, 1.807) is 12.1 Å². The number of nitrogens with zero attached hydrogens (tertiary/aromatic N) is 2. The number of nitrogens with one attached hydrogen (secondary N) is 1. The quantitative estimate of drug-likeness (QED) is 0.755. The van der Waals surface area contributed by atoms with Gasteiger partial charge in [-0.1, -0.05) is 18.2 Å². The summed E-state index contributed by atoms with van der Waals surface area (Å²) in [4.78, 5) is 20.7. The van der Waals surface area contributed by atoms with Crippen molar-refractivity contribution >= 4 is 28.2 Å². The van der Waals surface area contributed by atoms with Gasteiger partial charge in [0, 0.05) is 23.0 Å². The lowest BCUT2D eigenvalue weighted by atomic mass is 10.1. The molecule has 1 aromatic carbocycles. The number of carbonyl (C=O) groups is 1. The molecule has 0 spiro atoms. The van der Waals surface area contributed by atoms with E-state index in [0.29, 0.717) is 11.4 Å². The van der Waals surface area contributed by atoms with Crippen molar-refractivity contribution in [2.45, 2.75) is 6.92 Å². The van der Waals surface area contributed by atoms with E-state index in [-0.39, 0.29) is 11.6 Å². The number of amides is 1. The number of pyridine rings is 2. The highest BCUT2D eigenvalue weighted by Crippen LogP contribution is 2.22. The maximum absolute atomic E-state index is 12.2. The molecule has 0 aliphatic carbocycles. The van der Waals surface area contributed by atoms with Crippen molar-refractivity contribution in [3.8, 4) is 0 Å². The molecule has 0 saturated heterocycles. The molecule has 0 atom stereocenters. The van der Waals surface area contributed by atoms with Crippen LogP contribution in [0.15, 0.2) is 48.7 Å². The van der Waals surface area contributed by atoms with E-state index in [1.165, 1.54) is 6.20 Å². The van der Waals surface area contributed by atoms with Crippen LogP contribution in [0.25, 0.3) is 10.9 Å². The number of benzene rings is 1. The van der Waals surface area contributed by atoms with Gasteiger partial charge in [0.1, 0.15) is 5.69 Å². The maximum atomic E-state index is 12.2. The van der Waals surface area contributed by atoms with Crippen LogP contribution in [0, 0.1) is 6.92 Å². The molecule has 0 aliphatic heterocycles. The highest BCUT2D eigenvalue weighted by molar-refractivity contribution is 6.07. The summed E-state index contributed by atoms with van der Waals surface area (Å²) in [6.45, 7) is 1.91. The smallest absolute Gasteiger partial charge is 0.274 e. The predicted molar refractivity (Wildman–Crippen MR) is 83.1 cm³/mol. The van der Waals surface area contributed by atoms with Gasteiger partial charge in [0.05, 0.1) is 11.2 Å². The molecule has 5 nitrogen and oxygen atoms in total. The van der Waals surface area contributed by atoms with Crippen LogP contribution in [0.1, 0.15) is 16.2 Å². The molecule has 21 heavy (non-hydrogen) atoms. The lowest BCUT2D eigenvalue weighted by molar-refractivity contribution is 0.102. The molecule has 104 valence electrons. The second-order valence-electron chi connectivity index (χ2n) is 4.76. The molecule has 0 fully saturated rings. The third-order valence-corrected chi connectivity index (χ3v) is 3.12. The average molecular weight is 278 g/mol. The zero-order valence-corrected chi connectivity index (χ0v) is 11.5. The summed E-state index contributed by atoms with van der Waals surface area (Å²) < 4.78 is 0. The minimum Gasteiger partial charge on any atom is -0.399 e. The molecular weight excluding hydrogens is 264 g/mol. The Morgan fingerprint density at radius 1 is 1.19 bits per heavy atom. The Morgan fingerprint density at radius 3 is 2.86 bits per heavy atom. The summed E-state index contributed by atoms with van der Waals surface area (Å²) in [6.07, 6.45) is 1.51. The fourth-order valence-electron chi connectivity index (χ4n) is 2.10. The van der Waals surface area contributed by atoms with Crippen LogP contribution in [0.3, 0.4) is 0 Å². The summed E-state index contributed by atoms with van der Waals surface area (Å²) in [6, 6.07) is 12.7. The van der Waals surface area contributed by atoms with Gasteiger partial charge in [-0.2, -0.15) is 0 Å². The Labute approximate surface area is 121 Å². The fourth-order valence-corrected chi connectivity index (χ4v) is 2.10. The van der Waals surface area contributed by atoms with Crippen LogP contribution in [0.5, 0.6) is 0 Å². The van der Waals surface area contributed by atoms with Crippen LogP contribution in [0.2, 0.25) is 0 Å². The van der Waals surface area contributed by atoms with Gasteiger partial charge in [0.15, 0.2) is 0 Å². The van der Waals surface area contributed by atoms with E-state index in [9.17, 15) is 4.79 Å². The Bertz CT molecular complexity index is 829. The molecule has 3 N–H and O–H groups in total. The zero-order valence-electron chi connectivity index (χ0n) is 11.5. The van der Waals surface area contributed by atoms with Gasteiger partial charge < -0.3 is 11.1 Å². The van der Waals surface area contributed by atoms with Crippen molar-refractivity contribution in [2.75, 3.05) is 11.1 Å². The van der Waals surface area contributed by atoms with Crippen LogP contribution >= 0.6 is 0 Å². The molecule has 0 aliphatic rings. The van der Waals surface area contributed by atoms with Crippen molar-refractivity contribution in [1.29, 1.82) is 0 Å². The lowest BCUT2D eigenvalue weighted by Crippen LogP contribution is -2.14. The Morgan fingerprint density at radius 2 is 2.05 bits per heavy atom. The Balaban J connectivity index is 1.98. The Hall–Kier alpha value is -2.95. The number of aryl methyl sites for hydroxylation is 1. The molecule has 2 heterocycles. The predicted octanol–water partition coefficient (Wildman–Crippen LogP) is 2.77. The number of fused-ring (bicyclic) bond motifs is 1. The molecule has 0 bridgehead atoms. The largest absolute Gasteiger partial charge is 0.399 e. The molecule has 3 rings (SSSR count). The normalized spacial score (nSPS) is 10.5. The van der Waals surface area contributed by atoms with Crippen molar-refractivity contribution in [3.05, 3.63) is 60.0 Å². The summed E-state index contributed by atoms with van der Waals surface area (Å²) in [5, 5.41) is 3.81. The van der Waals surface area contributed by atoms with Crippen molar-refractivity contribution in [2.24, 2.45) is 0 Å². The van der Waals surface area contributed by atoms with E-state index < -0.39 is 0 Å². The van der Waals surface area contributed by atoms with Crippen LogP contribution in [-0.4, -0.2) is 15.9 Å². The SMILES string of the molecule is Cc1ccc2cccc(NC(=O)c3cc(N)ccn3)c2n1. The summed E-state index contributed by atoms with van der Waals surface area (Å²) in [5.41, 5.74) is 8.76. The average Bonchev–Trinajstić information content (AvgIpc) is 2.48. The van der Waals surface area contributed by atoms with Crippen LogP contribution < -0.4 is 11.1 Å². The van der Waals surface area contributed by atoms with Crippen molar-refractivity contribution < 1.29 is 4.79 Å². The number of hydrogen-bond donors (Lipinski definition) is 2. The minimum absolute atomic E-state index is 0.277. The third kappa shape index (κ3) is 2.67. The molecule has 2 aromatic heterocycles. The number of para-hydroxylation sites is 1. The highest BCUT2D eigenvalue weighted by Gasteiger charge is 2.10. The van der Waals surface area contributed by atoms with E-state index >= 15 is 0 Å². The monoisotopic (exact) mass is 278 g/mol. The number of anilines is 2. The molecule has 3 aromatic rings. The molecule has 0 saturated carbocycles. The fraction of sp³-hybridized carbons (Fsp3) is 0.0625. The summed E-state index contributed by atoms with van der Waals surface area (Å²) in [5.74, 6) is -0.307. The van der Waals surface area contributed by atoms with Crippen molar-refractivity contribution in [3.63, 3.8) is 0 Å². The number of aromatic nitrogens is 2. The molecule has 1 amide bonds.